The number of halogens is 2. The molecular weight excluding hydrogens is 305 g/mol. The van der Waals surface area contributed by atoms with E-state index >= 15 is 0 Å². The lowest BCUT2D eigenvalue weighted by Gasteiger charge is -2.15. The first kappa shape index (κ1) is 16.3. The Hall–Kier alpha value is -1.72. The zero-order valence-electron chi connectivity index (χ0n) is 10.4. The Morgan fingerprint density at radius 1 is 1.45 bits per heavy atom. The number of aliphatic carboxylic acids is 1. The average molecular weight is 318 g/mol. The van der Waals surface area contributed by atoms with E-state index in [4.69, 9.17) is 28.3 Å². The molecule has 0 saturated heterocycles. The highest BCUT2D eigenvalue weighted by Gasteiger charge is 2.22. The third-order valence-corrected chi connectivity index (χ3v) is 2.95. The van der Waals surface area contributed by atoms with Gasteiger partial charge in [-0.1, -0.05) is 41.9 Å². The van der Waals surface area contributed by atoms with Crippen molar-refractivity contribution in [2.75, 3.05) is 6.61 Å². The van der Waals surface area contributed by atoms with E-state index in [1.807, 2.05) is 0 Å². The van der Waals surface area contributed by atoms with E-state index in [1.165, 1.54) is 12.1 Å². The van der Waals surface area contributed by atoms with Gasteiger partial charge in [-0.05, 0) is 17.7 Å². The van der Waals surface area contributed by atoms with Crippen LogP contribution >= 0.6 is 23.2 Å². The molecule has 5 nitrogen and oxygen atoms in total. The fourth-order valence-corrected chi connectivity index (χ4v) is 1.91. The fraction of sp³-hybridized carbons (Fsp3) is 0.231. The van der Waals surface area contributed by atoms with Crippen LogP contribution in [0.5, 0.6) is 0 Å². The summed E-state index contributed by atoms with van der Waals surface area (Å²) in [6.07, 6.45) is 0.572. The summed E-state index contributed by atoms with van der Waals surface area (Å²) in [4.78, 5) is 22.5. The van der Waals surface area contributed by atoms with Gasteiger partial charge in [-0.15, -0.1) is 0 Å². The molecule has 0 saturated carbocycles. The minimum atomic E-state index is -1.19. The van der Waals surface area contributed by atoms with Crippen molar-refractivity contribution in [1.82, 2.24) is 5.32 Å². The predicted octanol–water partition coefficient (Wildman–Crippen LogP) is 2.90. The number of nitrogens with one attached hydrogen (secondary N) is 1. The first-order valence-electron chi connectivity index (χ1n) is 5.65. The minimum absolute atomic E-state index is 0.000126. The molecule has 0 aliphatic rings. The molecule has 1 rings (SSSR count). The lowest BCUT2D eigenvalue weighted by atomic mass is 10.1. The molecule has 1 aromatic carbocycles. The molecular formula is C13H13Cl2NO4. The number of carbonyl (C=O) groups excluding carboxylic acids is 1. The second kappa shape index (κ2) is 7.77. The maximum Gasteiger partial charge on any atom is 0.408 e. The van der Waals surface area contributed by atoms with Crippen molar-refractivity contribution < 1.29 is 19.4 Å². The molecule has 0 bridgehead atoms. The van der Waals surface area contributed by atoms with Crippen LogP contribution in [0.4, 0.5) is 4.79 Å². The van der Waals surface area contributed by atoms with Crippen molar-refractivity contribution in [1.29, 1.82) is 0 Å². The molecule has 20 heavy (non-hydrogen) atoms. The lowest BCUT2D eigenvalue weighted by Crippen LogP contribution is -2.42. The van der Waals surface area contributed by atoms with E-state index in [2.05, 4.69) is 16.6 Å². The Morgan fingerprint density at radius 2 is 2.15 bits per heavy atom. The van der Waals surface area contributed by atoms with Gasteiger partial charge in [0, 0.05) is 16.5 Å². The van der Waals surface area contributed by atoms with Crippen LogP contribution < -0.4 is 5.32 Å². The van der Waals surface area contributed by atoms with E-state index in [9.17, 15) is 9.59 Å². The van der Waals surface area contributed by atoms with Crippen LogP contribution in [0.15, 0.2) is 30.9 Å². The summed E-state index contributed by atoms with van der Waals surface area (Å²) in [5, 5.41) is 12.1. The molecule has 0 spiro atoms. The Bertz CT molecular complexity index is 519. The number of hydrogen-bond acceptors (Lipinski definition) is 3. The maximum absolute atomic E-state index is 11.3. The zero-order valence-corrected chi connectivity index (χ0v) is 11.9. The number of carbonyl (C=O) groups is 2. The molecule has 0 aromatic heterocycles. The second-order valence-corrected chi connectivity index (χ2v) is 4.71. The Balaban J connectivity index is 2.74. The van der Waals surface area contributed by atoms with Gasteiger partial charge in [0.15, 0.2) is 0 Å². The Labute approximate surface area is 126 Å². The molecule has 0 unspecified atom stereocenters. The van der Waals surface area contributed by atoms with E-state index in [0.29, 0.717) is 15.6 Å². The molecule has 0 radical (unpaired) electrons. The summed E-state index contributed by atoms with van der Waals surface area (Å²) < 4.78 is 4.67. The third-order valence-electron chi connectivity index (χ3n) is 2.36. The van der Waals surface area contributed by atoms with Gasteiger partial charge in [0.1, 0.15) is 12.6 Å². The molecule has 0 fully saturated rings. The number of benzene rings is 1. The second-order valence-electron chi connectivity index (χ2n) is 3.86. The molecule has 2 N–H and O–H groups in total. The highest BCUT2D eigenvalue weighted by Crippen LogP contribution is 2.22. The molecule has 0 aliphatic carbocycles. The topological polar surface area (TPSA) is 75.6 Å². The molecule has 7 heteroatoms. The summed E-state index contributed by atoms with van der Waals surface area (Å²) in [5.74, 6) is -1.19. The summed E-state index contributed by atoms with van der Waals surface area (Å²) in [7, 11) is 0. The Kier molecular flexibility index (Phi) is 6.35. The quantitative estimate of drug-likeness (QED) is 0.791. The monoisotopic (exact) mass is 317 g/mol. The standard InChI is InChI=1S/C13H13Cl2NO4/c1-2-5-20-13(19)16-11(12(17)18)6-8-3-4-9(14)7-10(8)15/h2-4,7,11H,1,5-6H2,(H,16,19)(H,17,18)/t11-/m1/s1. The first-order chi connectivity index (χ1) is 9.43. The van der Waals surface area contributed by atoms with Crippen molar-refractivity contribution in [2.24, 2.45) is 0 Å². The lowest BCUT2D eigenvalue weighted by molar-refractivity contribution is -0.139. The van der Waals surface area contributed by atoms with Crippen molar-refractivity contribution in [3.8, 4) is 0 Å². The van der Waals surface area contributed by atoms with Crippen molar-refractivity contribution in [3.63, 3.8) is 0 Å². The summed E-state index contributed by atoms with van der Waals surface area (Å²) in [6.45, 7) is 3.38. The number of carboxylic acids is 1. The average Bonchev–Trinajstić information content (AvgIpc) is 2.38. The summed E-state index contributed by atoms with van der Waals surface area (Å²) in [5.41, 5.74) is 0.562. The van der Waals surface area contributed by atoms with E-state index in [0.717, 1.165) is 0 Å². The van der Waals surface area contributed by atoms with Crippen LogP contribution in [0.3, 0.4) is 0 Å². The number of hydrogen-bond donors (Lipinski definition) is 2. The normalized spacial score (nSPS) is 11.5. The molecule has 1 aromatic rings. The zero-order chi connectivity index (χ0) is 15.1. The first-order valence-corrected chi connectivity index (χ1v) is 6.40. The molecule has 1 amide bonds. The van der Waals surface area contributed by atoms with Crippen LogP contribution in [-0.2, 0) is 16.0 Å². The van der Waals surface area contributed by atoms with Crippen molar-refractivity contribution in [3.05, 3.63) is 46.5 Å². The third kappa shape index (κ3) is 5.11. The van der Waals surface area contributed by atoms with E-state index in [1.54, 1.807) is 12.1 Å². The SMILES string of the molecule is C=CCOC(=O)N[C@H](Cc1ccc(Cl)cc1Cl)C(=O)O. The number of carboxylic acid groups (broad SMARTS) is 1. The van der Waals surface area contributed by atoms with Gasteiger partial charge >= 0.3 is 12.1 Å². The van der Waals surface area contributed by atoms with Crippen LogP contribution in [0.2, 0.25) is 10.0 Å². The maximum atomic E-state index is 11.3. The van der Waals surface area contributed by atoms with Gasteiger partial charge < -0.3 is 15.2 Å². The van der Waals surface area contributed by atoms with Crippen molar-refractivity contribution in [2.45, 2.75) is 12.5 Å². The minimum Gasteiger partial charge on any atom is -0.480 e. The van der Waals surface area contributed by atoms with Crippen LogP contribution in [0.25, 0.3) is 0 Å². The fourth-order valence-electron chi connectivity index (χ4n) is 1.43. The van der Waals surface area contributed by atoms with Crippen LogP contribution in [0, 0.1) is 0 Å². The van der Waals surface area contributed by atoms with Gasteiger partial charge in [-0.25, -0.2) is 9.59 Å². The van der Waals surface area contributed by atoms with Gasteiger partial charge in [0.05, 0.1) is 0 Å². The number of alkyl carbamates (subject to hydrolysis) is 1. The molecule has 0 heterocycles. The molecule has 0 aliphatic heterocycles. The summed E-state index contributed by atoms with van der Waals surface area (Å²) >= 11 is 11.7. The van der Waals surface area contributed by atoms with Crippen LogP contribution in [-0.4, -0.2) is 29.8 Å². The van der Waals surface area contributed by atoms with Crippen molar-refractivity contribution >= 4 is 35.3 Å². The number of amides is 1. The van der Waals surface area contributed by atoms with Gasteiger partial charge in [-0.3, -0.25) is 0 Å². The predicted molar refractivity (Wildman–Crippen MR) is 76.3 cm³/mol. The molecule has 1 atom stereocenters. The Morgan fingerprint density at radius 3 is 2.70 bits per heavy atom. The highest BCUT2D eigenvalue weighted by molar-refractivity contribution is 6.35. The van der Waals surface area contributed by atoms with Crippen LogP contribution in [0.1, 0.15) is 5.56 Å². The van der Waals surface area contributed by atoms with E-state index in [-0.39, 0.29) is 13.0 Å². The summed E-state index contributed by atoms with van der Waals surface area (Å²) in [6, 6.07) is 3.56. The van der Waals surface area contributed by atoms with Gasteiger partial charge in [-0.2, -0.15) is 0 Å². The smallest absolute Gasteiger partial charge is 0.408 e. The van der Waals surface area contributed by atoms with Gasteiger partial charge in [0.2, 0.25) is 0 Å². The molecule has 108 valence electrons. The van der Waals surface area contributed by atoms with E-state index < -0.39 is 18.1 Å². The van der Waals surface area contributed by atoms with Gasteiger partial charge in [0.25, 0.3) is 0 Å². The highest BCUT2D eigenvalue weighted by atomic mass is 35.5. The number of ether oxygens (including phenoxy) is 1. The number of rotatable bonds is 6. The largest absolute Gasteiger partial charge is 0.480 e.